The van der Waals surface area contributed by atoms with Crippen molar-refractivity contribution in [3.8, 4) is 0 Å². The van der Waals surface area contributed by atoms with Crippen LogP contribution in [-0.2, 0) is 14.3 Å². The van der Waals surface area contributed by atoms with Gasteiger partial charge in [-0.2, -0.15) is 0 Å². The summed E-state index contributed by atoms with van der Waals surface area (Å²) in [5.41, 5.74) is 5.47. The lowest BCUT2D eigenvalue weighted by atomic mass is 9.78. The number of nitrogens with zero attached hydrogens (tertiary/aromatic N) is 1. The van der Waals surface area contributed by atoms with E-state index in [4.69, 9.17) is 15.2 Å². The quantitative estimate of drug-likeness (QED) is 0.775. The summed E-state index contributed by atoms with van der Waals surface area (Å²) < 4.78 is 11.0. The molecule has 1 amide bonds. The fourth-order valence-electron chi connectivity index (χ4n) is 2.95. The van der Waals surface area contributed by atoms with E-state index in [2.05, 4.69) is 0 Å². The summed E-state index contributed by atoms with van der Waals surface area (Å²) >= 11 is 0. The summed E-state index contributed by atoms with van der Waals surface area (Å²) in [5.74, 6) is 0.190. The SMILES string of the molecule is C[C@@H]1CN(C(=O)C2(CN)CCOCC2)C[C@H](C)O1. The van der Waals surface area contributed by atoms with Gasteiger partial charge in [0.05, 0.1) is 17.6 Å². The maximum Gasteiger partial charge on any atom is 0.230 e. The predicted molar refractivity (Wildman–Crippen MR) is 68.1 cm³/mol. The van der Waals surface area contributed by atoms with Gasteiger partial charge in [-0.15, -0.1) is 0 Å². The highest BCUT2D eigenvalue weighted by Gasteiger charge is 2.42. The average Bonchev–Trinajstić information content (AvgIpc) is 2.37. The van der Waals surface area contributed by atoms with Crippen molar-refractivity contribution in [1.82, 2.24) is 4.90 Å². The van der Waals surface area contributed by atoms with E-state index < -0.39 is 5.41 Å². The van der Waals surface area contributed by atoms with Gasteiger partial charge in [-0.05, 0) is 26.7 Å². The van der Waals surface area contributed by atoms with Crippen LogP contribution in [0.25, 0.3) is 0 Å². The third-order valence-electron chi connectivity index (χ3n) is 4.00. The molecule has 2 saturated heterocycles. The van der Waals surface area contributed by atoms with Gasteiger partial charge in [-0.25, -0.2) is 0 Å². The van der Waals surface area contributed by atoms with E-state index in [0.29, 0.717) is 32.8 Å². The molecule has 0 radical (unpaired) electrons. The molecule has 5 nitrogen and oxygen atoms in total. The smallest absolute Gasteiger partial charge is 0.230 e. The van der Waals surface area contributed by atoms with Crippen molar-refractivity contribution in [1.29, 1.82) is 0 Å². The first kappa shape index (κ1) is 13.8. The molecule has 2 atom stereocenters. The van der Waals surface area contributed by atoms with Crippen molar-refractivity contribution in [2.24, 2.45) is 11.1 Å². The Morgan fingerprint density at radius 3 is 2.33 bits per heavy atom. The molecule has 0 aromatic rings. The van der Waals surface area contributed by atoms with E-state index in [9.17, 15) is 4.79 Å². The Hall–Kier alpha value is -0.650. The lowest BCUT2D eigenvalue weighted by Crippen LogP contribution is -2.56. The van der Waals surface area contributed by atoms with Crippen LogP contribution in [0, 0.1) is 5.41 Å². The highest BCUT2D eigenvalue weighted by Crippen LogP contribution is 2.32. The van der Waals surface area contributed by atoms with Crippen molar-refractivity contribution in [2.45, 2.75) is 38.9 Å². The number of hydrogen-bond acceptors (Lipinski definition) is 4. The van der Waals surface area contributed by atoms with E-state index in [1.807, 2.05) is 18.7 Å². The van der Waals surface area contributed by atoms with Crippen molar-refractivity contribution in [2.75, 3.05) is 32.8 Å². The molecule has 2 heterocycles. The minimum Gasteiger partial charge on any atom is -0.381 e. The van der Waals surface area contributed by atoms with Gasteiger partial charge in [-0.3, -0.25) is 4.79 Å². The Kier molecular flexibility index (Phi) is 4.25. The number of amides is 1. The van der Waals surface area contributed by atoms with Crippen molar-refractivity contribution >= 4 is 5.91 Å². The lowest BCUT2D eigenvalue weighted by molar-refractivity contribution is -0.158. The molecule has 0 aromatic heterocycles. The van der Waals surface area contributed by atoms with Gasteiger partial charge in [0.2, 0.25) is 5.91 Å². The van der Waals surface area contributed by atoms with Crippen molar-refractivity contribution in [3.63, 3.8) is 0 Å². The molecule has 18 heavy (non-hydrogen) atoms. The highest BCUT2D eigenvalue weighted by molar-refractivity contribution is 5.83. The standard InChI is InChI=1S/C13H24N2O3/c1-10-7-15(8-11(2)18-10)12(16)13(9-14)3-5-17-6-4-13/h10-11H,3-9,14H2,1-2H3/t10-,11+. The van der Waals surface area contributed by atoms with Crippen LogP contribution in [0.4, 0.5) is 0 Å². The van der Waals surface area contributed by atoms with E-state index in [0.717, 1.165) is 12.8 Å². The van der Waals surface area contributed by atoms with Crippen LogP contribution >= 0.6 is 0 Å². The Morgan fingerprint density at radius 1 is 1.28 bits per heavy atom. The normalized spacial score (nSPS) is 32.3. The monoisotopic (exact) mass is 256 g/mol. The van der Waals surface area contributed by atoms with E-state index in [1.165, 1.54) is 0 Å². The molecule has 0 aromatic carbocycles. The Bertz CT molecular complexity index is 293. The molecule has 2 N–H and O–H groups in total. The second kappa shape index (κ2) is 5.55. The molecule has 2 rings (SSSR count). The molecule has 0 aliphatic carbocycles. The first-order valence-corrected chi connectivity index (χ1v) is 6.80. The number of carbonyl (C=O) groups excluding carboxylic acids is 1. The molecule has 104 valence electrons. The van der Waals surface area contributed by atoms with Crippen molar-refractivity contribution < 1.29 is 14.3 Å². The van der Waals surface area contributed by atoms with E-state index in [1.54, 1.807) is 0 Å². The fraction of sp³-hybridized carbons (Fsp3) is 0.923. The minimum atomic E-state index is -0.408. The summed E-state index contributed by atoms with van der Waals surface area (Å²) in [5, 5.41) is 0. The van der Waals surface area contributed by atoms with E-state index in [-0.39, 0.29) is 18.1 Å². The van der Waals surface area contributed by atoms with Gasteiger partial charge in [0.1, 0.15) is 0 Å². The summed E-state index contributed by atoms with van der Waals surface area (Å²) in [6.07, 6.45) is 1.69. The number of ether oxygens (including phenoxy) is 2. The molecule has 2 aliphatic rings. The van der Waals surface area contributed by atoms with Crippen LogP contribution in [-0.4, -0.2) is 55.9 Å². The van der Waals surface area contributed by atoms with Gasteiger partial charge < -0.3 is 20.1 Å². The summed E-state index contributed by atoms with van der Waals surface area (Å²) in [6, 6.07) is 0. The molecule has 2 fully saturated rings. The second-order valence-electron chi connectivity index (χ2n) is 5.56. The molecular formula is C13H24N2O3. The van der Waals surface area contributed by atoms with Gasteiger partial charge in [-0.1, -0.05) is 0 Å². The van der Waals surface area contributed by atoms with E-state index >= 15 is 0 Å². The van der Waals surface area contributed by atoms with Crippen LogP contribution in [0.15, 0.2) is 0 Å². The average molecular weight is 256 g/mol. The van der Waals surface area contributed by atoms with Gasteiger partial charge in [0.25, 0.3) is 0 Å². The second-order valence-corrected chi connectivity index (χ2v) is 5.56. The van der Waals surface area contributed by atoms with Crippen LogP contribution in [0.3, 0.4) is 0 Å². The fourth-order valence-corrected chi connectivity index (χ4v) is 2.95. The molecule has 0 saturated carbocycles. The maximum absolute atomic E-state index is 12.7. The number of nitrogens with two attached hydrogens (primary N) is 1. The molecule has 5 heteroatoms. The zero-order valence-electron chi connectivity index (χ0n) is 11.4. The summed E-state index contributed by atoms with van der Waals surface area (Å²) in [4.78, 5) is 14.7. The Labute approximate surface area is 109 Å². The summed E-state index contributed by atoms with van der Waals surface area (Å²) in [6.45, 7) is 7.05. The molecule has 0 unspecified atom stereocenters. The largest absolute Gasteiger partial charge is 0.381 e. The van der Waals surface area contributed by atoms with Gasteiger partial charge >= 0.3 is 0 Å². The third kappa shape index (κ3) is 2.68. The number of hydrogen-bond donors (Lipinski definition) is 1. The van der Waals surface area contributed by atoms with Crippen LogP contribution < -0.4 is 5.73 Å². The zero-order chi connectivity index (χ0) is 13.2. The molecule has 0 spiro atoms. The number of morpholine rings is 1. The first-order chi connectivity index (χ1) is 8.57. The summed E-state index contributed by atoms with van der Waals surface area (Å²) in [7, 11) is 0. The minimum absolute atomic E-state index is 0.104. The van der Waals surface area contributed by atoms with Crippen molar-refractivity contribution in [3.05, 3.63) is 0 Å². The first-order valence-electron chi connectivity index (χ1n) is 6.80. The topological polar surface area (TPSA) is 64.8 Å². The third-order valence-corrected chi connectivity index (χ3v) is 4.00. The van der Waals surface area contributed by atoms with Gasteiger partial charge in [0.15, 0.2) is 0 Å². The molecule has 2 aliphatic heterocycles. The highest BCUT2D eigenvalue weighted by atomic mass is 16.5. The molecule has 0 bridgehead atoms. The molecular weight excluding hydrogens is 232 g/mol. The number of carbonyl (C=O) groups is 1. The van der Waals surface area contributed by atoms with Crippen LogP contribution in [0.5, 0.6) is 0 Å². The zero-order valence-corrected chi connectivity index (χ0v) is 11.4. The lowest BCUT2D eigenvalue weighted by Gasteiger charge is -2.42. The van der Waals surface area contributed by atoms with Gasteiger partial charge in [0, 0.05) is 32.8 Å². The number of rotatable bonds is 2. The van der Waals surface area contributed by atoms with Crippen LogP contribution in [0.1, 0.15) is 26.7 Å². The Balaban J connectivity index is 2.08. The van der Waals surface area contributed by atoms with Crippen LogP contribution in [0.2, 0.25) is 0 Å². The Morgan fingerprint density at radius 2 is 1.83 bits per heavy atom. The maximum atomic E-state index is 12.7. The predicted octanol–water partition coefficient (Wildman–Crippen LogP) is 0.378.